The monoisotopic (exact) mass is 284 g/mol. The van der Waals surface area contributed by atoms with Crippen molar-refractivity contribution < 1.29 is 9.72 Å². The number of carbonyl (C=O) groups excluding carboxylic acids is 1. The average molecular weight is 284 g/mol. The van der Waals surface area contributed by atoms with Crippen LogP contribution in [0.25, 0.3) is 0 Å². The summed E-state index contributed by atoms with van der Waals surface area (Å²) in [5.74, 6) is -0.287. The van der Waals surface area contributed by atoms with Crippen molar-refractivity contribution in [2.24, 2.45) is 5.10 Å². The Hall–Kier alpha value is -3.09. The van der Waals surface area contributed by atoms with E-state index in [4.69, 9.17) is 0 Å². The Bertz CT molecular complexity index is 671. The van der Waals surface area contributed by atoms with Gasteiger partial charge in [0.15, 0.2) is 0 Å². The van der Waals surface area contributed by atoms with Gasteiger partial charge in [-0.15, -0.1) is 0 Å². The van der Waals surface area contributed by atoms with Crippen molar-refractivity contribution in [2.45, 2.75) is 6.42 Å². The zero-order chi connectivity index (χ0) is 15.1. The summed E-state index contributed by atoms with van der Waals surface area (Å²) in [7, 11) is 0. The van der Waals surface area contributed by atoms with E-state index in [1.165, 1.54) is 18.3 Å². The number of hydrogen-bond acceptors (Lipinski definition) is 5. The van der Waals surface area contributed by atoms with Gasteiger partial charge in [-0.1, -0.05) is 18.2 Å². The lowest BCUT2D eigenvalue weighted by Crippen LogP contribution is -2.19. The summed E-state index contributed by atoms with van der Waals surface area (Å²) < 4.78 is 0. The second kappa shape index (κ2) is 6.90. The van der Waals surface area contributed by atoms with Gasteiger partial charge in [0.1, 0.15) is 0 Å². The van der Waals surface area contributed by atoms with Crippen LogP contribution in [0.3, 0.4) is 0 Å². The number of carbonyl (C=O) groups is 1. The second-order valence-corrected chi connectivity index (χ2v) is 4.18. The molecule has 0 unspecified atom stereocenters. The standard InChI is InChI=1S/C14H12N4O3/c19-14(8-12-4-2-6-15-9-12)17-16-10-11-3-1-5-13(7-11)18(20)21/h1-7,9-10H,8H2,(H,17,19). The summed E-state index contributed by atoms with van der Waals surface area (Å²) in [5.41, 5.74) is 3.65. The third kappa shape index (κ3) is 4.50. The van der Waals surface area contributed by atoms with Crippen molar-refractivity contribution in [3.05, 3.63) is 70.0 Å². The van der Waals surface area contributed by atoms with Crippen molar-refractivity contribution >= 4 is 17.8 Å². The minimum atomic E-state index is -0.488. The van der Waals surface area contributed by atoms with Crippen LogP contribution >= 0.6 is 0 Å². The van der Waals surface area contributed by atoms with Gasteiger partial charge in [0.05, 0.1) is 17.6 Å². The number of amides is 1. The summed E-state index contributed by atoms with van der Waals surface area (Å²) in [6, 6.07) is 9.50. The Morgan fingerprint density at radius 2 is 2.24 bits per heavy atom. The average Bonchev–Trinajstić information content (AvgIpc) is 2.48. The van der Waals surface area contributed by atoms with E-state index in [9.17, 15) is 14.9 Å². The Morgan fingerprint density at radius 3 is 2.95 bits per heavy atom. The van der Waals surface area contributed by atoms with Crippen LogP contribution in [0.2, 0.25) is 0 Å². The molecule has 0 radical (unpaired) electrons. The second-order valence-electron chi connectivity index (χ2n) is 4.18. The molecule has 106 valence electrons. The zero-order valence-electron chi connectivity index (χ0n) is 11.0. The first kappa shape index (κ1) is 14.3. The van der Waals surface area contributed by atoms with Crippen molar-refractivity contribution in [3.63, 3.8) is 0 Å². The van der Waals surface area contributed by atoms with Gasteiger partial charge >= 0.3 is 0 Å². The van der Waals surface area contributed by atoms with Gasteiger partial charge in [-0.05, 0) is 11.6 Å². The van der Waals surface area contributed by atoms with Crippen molar-refractivity contribution in [3.8, 4) is 0 Å². The molecule has 21 heavy (non-hydrogen) atoms. The van der Waals surface area contributed by atoms with Gasteiger partial charge in [0.2, 0.25) is 5.91 Å². The topological polar surface area (TPSA) is 97.5 Å². The molecule has 1 N–H and O–H groups in total. The van der Waals surface area contributed by atoms with Crippen LogP contribution in [0.15, 0.2) is 53.9 Å². The molecule has 0 saturated carbocycles. The summed E-state index contributed by atoms with van der Waals surface area (Å²) in [6.07, 6.45) is 4.75. The molecule has 1 heterocycles. The molecule has 0 atom stereocenters. The SMILES string of the molecule is O=C(Cc1cccnc1)NN=Cc1cccc([N+](=O)[O-])c1. The number of hydrazone groups is 1. The largest absolute Gasteiger partial charge is 0.273 e. The van der Waals surface area contributed by atoms with E-state index < -0.39 is 4.92 Å². The number of rotatable bonds is 5. The molecule has 1 aromatic heterocycles. The van der Waals surface area contributed by atoms with Crippen LogP contribution in [0.4, 0.5) is 5.69 Å². The molecule has 0 aliphatic heterocycles. The summed E-state index contributed by atoms with van der Waals surface area (Å²) in [6.45, 7) is 0. The number of nitrogens with one attached hydrogen (secondary N) is 1. The van der Waals surface area contributed by atoms with Crippen LogP contribution in [0.5, 0.6) is 0 Å². The fraction of sp³-hybridized carbons (Fsp3) is 0.0714. The lowest BCUT2D eigenvalue weighted by Gasteiger charge is -1.99. The highest BCUT2D eigenvalue weighted by Gasteiger charge is 2.04. The van der Waals surface area contributed by atoms with Crippen LogP contribution in [0.1, 0.15) is 11.1 Å². The lowest BCUT2D eigenvalue weighted by molar-refractivity contribution is -0.384. The fourth-order valence-electron chi connectivity index (χ4n) is 1.63. The maximum atomic E-state index is 11.6. The molecule has 2 aromatic rings. The molecule has 2 rings (SSSR count). The highest BCUT2D eigenvalue weighted by molar-refractivity contribution is 5.83. The Balaban J connectivity index is 1.91. The number of hydrogen-bond donors (Lipinski definition) is 1. The van der Waals surface area contributed by atoms with Gasteiger partial charge < -0.3 is 0 Å². The number of benzene rings is 1. The predicted molar refractivity (Wildman–Crippen MR) is 76.8 cm³/mol. The normalized spacial score (nSPS) is 10.5. The first-order valence-corrected chi connectivity index (χ1v) is 6.10. The molecule has 0 bridgehead atoms. The lowest BCUT2D eigenvalue weighted by atomic mass is 10.2. The van der Waals surface area contributed by atoms with Crippen molar-refractivity contribution in [1.82, 2.24) is 10.4 Å². The molecule has 1 aromatic carbocycles. The molecule has 0 saturated heterocycles. The minimum absolute atomic E-state index is 0.0272. The van der Waals surface area contributed by atoms with Gasteiger partial charge in [-0.3, -0.25) is 19.9 Å². The van der Waals surface area contributed by atoms with Gasteiger partial charge in [-0.2, -0.15) is 5.10 Å². The number of nitro groups is 1. The smallest absolute Gasteiger partial charge is 0.270 e. The minimum Gasteiger partial charge on any atom is -0.273 e. The van der Waals surface area contributed by atoms with E-state index in [-0.39, 0.29) is 18.0 Å². The number of nitrogens with zero attached hydrogens (tertiary/aromatic N) is 3. The van der Waals surface area contributed by atoms with E-state index >= 15 is 0 Å². The van der Waals surface area contributed by atoms with Crippen LogP contribution < -0.4 is 5.43 Å². The predicted octanol–water partition coefficient (Wildman–Crippen LogP) is 1.68. The molecule has 1 amide bonds. The van der Waals surface area contributed by atoms with E-state index in [0.717, 1.165) is 5.56 Å². The van der Waals surface area contributed by atoms with Crippen molar-refractivity contribution in [2.75, 3.05) is 0 Å². The Kier molecular flexibility index (Phi) is 4.70. The van der Waals surface area contributed by atoms with E-state index in [0.29, 0.717) is 5.56 Å². The van der Waals surface area contributed by atoms with Gasteiger partial charge in [-0.25, -0.2) is 5.43 Å². The third-order valence-electron chi connectivity index (χ3n) is 2.57. The highest BCUT2D eigenvalue weighted by atomic mass is 16.6. The van der Waals surface area contributed by atoms with E-state index in [1.807, 2.05) is 0 Å². The highest BCUT2D eigenvalue weighted by Crippen LogP contribution is 2.11. The first-order valence-electron chi connectivity index (χ1n) is 6.10. The number of pyridine rings is 1. The van der Waals surface area contributed by atoms with Gasteiger partial charge in [0, 0.05) is 30.1 Å². The quantitative estimate of drug-likeness (QED) is 0.513. The van der Waals surface area contributed by atoms with Crippen molar-refractivity contribution in [1.29, 1.82) is 0 Å². The molecule has 0 aliphatic carbocycles. The Labute approximate surface area is 120 Å². The third-order valence-corrected chi connectivity index (χ3v) is 2.57. The number of aromatic nitrogens is 1. The maximum absolute atomic E-state index is 11.6. The molecule has 7 nitrogen and oxygen atoms in total. The van der Waals surface area contributed by atoms with Crippen LogP contribution in [-0.4, -0.2) is 22.0 Å². The summed E-state index contributed by atoms with van der Waals surface area (Å²) >= 11 is 0. The first-order chi connectivity index (χ1) is 10.1. The molecule has 0 aliphatic rings. The Morgan fingerprint density at radius 1 is 1.38 bits per heavy atom. The molecule has 7 heteroatoms. The molecule has 0 fully saturated rings. The number of nitro benzene ring substituents is 1. The molecular weight excluding hydrogens is 272 g/mol. The number of non-ortho nitro benzene ring substituents is 1. The fourth-order valence-corrected chi connectivity index (χ4v) is 1.63. The van der Waals surface area contributed by atoms with Crippen LogP contribution in [0, 0.1) is 10.1 Å². The summed E-state index contributed by atoms with van der Waals surface area (Å²) in [4.78, 5) is 25.7. The van der Waals surface area contributed by atoms with E-state index in [1.54, 1.807) is 36.7 Å². The maximum Gasteiger partial charge on any atom is 0.270 e. The summed E-state index contributed by atoms with van der Waals surface area (Å²) in [5, 5.41) is 14.4. The zero-order valence-corrected chi connectivity index (χ0v) is 11.0. The molecular formula is C14H12N4O3. The molecule has 0 spiro atoms. The van der Waals surface area contributed by atoms with Gasteiger partial charge in [0.25, 0.3) is 5.69 Å². The van der Waals surface area contributed by atoms with Crippen LogP contribution in [-0.2, 0) is 11.2 Å². The van der Waals surface area contributed by atoms with E-state index in [2.05, 4.69) is 15.5 Å².